The van der Waals surface area contributed by atoms with Gasteiger partial charge in [-0.1, -0.05) is 12.1 Å². The average molecular weight is 378 g/mol. The number of methoxy groups -OCH3 is 1. The maximum Gasteiger partial charge on any atom is 0.258 e. The lowest BCUT2D eigenvalue weighted by atomic mass is 10.1. The summed E-state index contributed by atoms with van der Waals surface area (Å²) in [4.78, 5) is 16.5. The monoisotopic (exact) mass is 378 g/mol. The Bertz CT molecular complexity index is 695. The van der Waals surface area contributed by atoms with Gasteiger partial charge in [0.1, 0.15) is 0 Å². The number of carbonyl (C=O) groups excluding carboxylic acids is 1. The van der Waals surface area contributed by atoms with Crippen molar-refractivity contribution in [1.29, 1.82) is 0 Å². The smallest absolute Gasteiger partial charge is 0.258 e. The first-order valence-electron chi connectivity index (χ1n) is 8.38. The molecule has 0 saturated carbocycles. The van der Waals surface area contributed by atoms with Crippen molar-refractivity contribution in [3.8, 4) is 11.5 Å². The molecule has 1 aromatic carbocycles. The van der Waals surface area contributed by atoms with Crippen LogP contribution in [0.5, 0.6) is 11.5 Å². The lowest BCUT2D eigenvalue weighted by molar-refractivity contribution is -0.128. The second-order valence-corrected chi connectivity index (χ2v) is 6.53. The molecule has 2 heterocycles. The molecule has 3 rings (SSSR count). The highest BCUT2D eigenvalue weighted by atomic mass is 32.1. The van der Waals surface area contributed by atoms with Gasteiger partial charge in [0.05, 0.1) is 43.7 Å². The van der Waals surface area contributed by atoms with Gasteiger partial charge in [-0.15, -0.1) is 11.3 Å². The summed E-state index contributed by atoms with van der Waals surface area (Å²) in [5, 5.41) is 4.89. The summed E-state index contributed by atoms with van der Waals surface area (Å²) in [7, 11) is 1.56. The molecule has 2 atom stereocenters. The molecule has 1 aromatic heterocycles. The number of hydrogen-bond acceptors (Lipinski definition) is 7. The first-order valence-corrected chi connectivity index (χ1v) is 9.32. The molecule has 0 spiro atoms. The van der Waals surface area contributed by atoms with E-state index in [0.717, 1.165) is 12.1 Å². The van der Waals surface area contributed by atoms with Crippen LogP contribution in [-0.2, 0) is 20.9 Å². The number of hydrogen-bond donors (Lipinski definition) is 1. The number of thiazole rings is 1. The molecule has 1 amide bonds. The van der Waals surface area contributed by atoms with Gasteiger partial charge < -0.3 is 24.3 Å². The van der Waals surface area contributed by atoms with Gasteiger partial charge in [0.25, 0.3) is 5.91 Å². The van der Waals surface area contributed by atoms with Crippen molar-refractivity contribution in [2.75, 3.05) is 26.9 Å². The van der Waals surface area contributed by atoms with E-state index in [1.165, 1.54) is 11.3 Å². The molecule has 2 aromatic rings. The maximum absolute atomic E-state index is 12.3. The predicted octanol–water partition coefficient (Wildman–Crippen LogP) is 2.02. The van der Waals surface area contributed by atoms with Gasteiger partial charge in [0, 0.05) is 12.0 Å². The fourth-order valence-electron chi connectivity index (χ4n) is 2.68. The summed E-state index contributed by atoms with van der Waals surface area (Å²) in [6.45, 7) is 1.36. The largest absolute Gasteiger partial charge is 0.493 e. The van der Waals surface area contributed by atoms with Crippen LogP contribution in [0.1, 0.15) is 12.1 Å². The third kappa shape index (κ3) is 5.17. The highest BCUT2D eigenvalue weighted by molar-refractivity contribution is 7.07. The van der Waals surface area contributed by atoms with Crippen molar-refractivity contribution in [1.82, 2.24) is 10.3 Å². The van der Waals surface area contributed by atoms with E-state index < -0.39 is 0 Å². The van der Waals surface area contributed by atoms with Gasteiger partial charge >= 0.3 is 0 Å². The number of benzene rings is 1. The molecule has 8 heteroatoms. The Kier molecular flexibility index (Phi) is 6.82. The van der Waals surface area contributed by atoms with Crippen LogP contribution in [0.2, 0.25) is 0 Å². The molecule has 140 valence electrons. The van der Waals surface area contributed by atoms with Gasteiger partial charge in [0.15, 0.2) is 18.1 Å². The second kappa shape index (κ2) is 9.51. The van der Waals surface area contributed by atoms with Crippen LogP contribution < -0.4 is 14.8 Å². The molecule has 1 saturated heterocycles. The molecule has 7 nitrogen and oxygen atoms in total. The zero-order chi connectivity index (χ0) is 18.2. The average Bonchev–Trinajstić information content (AvgIpc) is 3.19. The van der Waals surface area contributed by atoms with E-state index in [9.17, 15) is 4.79 Å². The van der Waals surface area contributed by atoms with Crippen molar-refractivity contribution in [3.63, 3.8) is 0 Å². The Hall–Kier alpha value is -2.16. The number of para-hydroxylation sites is 2. The van der Waals surface area contributed by atoms with Gasteiger partial charge in [-0.05, 0) is 18.6 Å². The van der Waals surface area contributed by atoms with E-state index >= 15 is 0 Å². The number of aromatic nitrogens is 1. The van der Waals surface area contributed by atoms with Gasteiger partial charge in [-0.2, -0.15) is 0 Å². The number of nitrogens with one attached hydrogen (secondary N) is 1. The molecule has 0 radical (unpaired) electrons. The van der Waals surface area contributed by atoms with Crippen molar-refractivity contribution in [2.45, 2.75) is 25.2 Å². The Morgan fingerprint density at radius 3 is 3.00 bits per heavy atom. The first kappa shape index (κ1) is 18.6. The highest BCUT2D eigenvalue weighted by Gasteiger charge is 2.28. The number of nitrogens with zero attached hydrogens (tertiary/aromatic N) is 1. The van der Waals surface area contributed by atoms with Crippen LogP contribution in [0.25, 0.3) is 0 Å². The van der Waals surface area contributed by atoms with E-state index in [2.05, 4.69) is 10.3 Å². The minimum Gasteiger partial charge on any atom is -0.493 e. The minimum atomic E-state index is -0.228. The number of ether oxygens (including phenoxy) is 4. The molecule has 26 heavy (non-hydrogen) atoms. The van der Waals surface area contributed by atoms with Crippen LogP contribution in [0, 0.1) is 0 Å². The summed E-state index contributed by atoms with van der Waals surface area (Å²) < 4.78 is 22.2. The summed E-state index contributed by atoms with van der Waals surface area (Å²) in [5.74, 6) is 0.890. The fourth-order valence-corrected chi connectivity index (χ4v) is 3.23. The van der Waals surface area contributed by atoms with E-state index in [4.69, 9.17) is 18.9 Å². The Balaban J connectivity index is 1.49. The topological polar surface area (TPSA) is 78.9 Å². The summed E-state index contributed by atoms with van der Waals surface area (Å²) in [5.41, 5.74) is 2.67. The zero-order valence-electron chi connectivity index (χ0n) is 14.6. The van der Waals surface area contributed by atoms with Crippen LogP contribution in [0.4, 0.5) is 0 Å². The Morgan fingerprint density at radius 2 is 2.23 bits per heavy atom. The van der Waals surface area contributed by atoms with Crippen molar-refractivity contribution in [3.05, 3.63) is 40.8 Å². The lowest BCUT2D eigenvalue weighted by Crippen LogP contribution is -2.51. The number of carbonyl (C=O) groups is 1. The Labute approximate surface area is 156 Å². The molecule has 1 aliphatic heterocycles. The standard InChI is InChI=1S/C18H22N2O5S/c1-22-16-4-2-3-5-17(16)25-10-18(21)20-14-9-23-7-6-15(14)24-8-13-11-26-12-19-13/h2-5,11-12,14-15H,6-10H2,1H3,(H,20,21). The van der Waals surface area contributed by atoms with Crippen LogP contribution in [0.15, 0.2) is 35.2 Å². The second-order valence-electron chi connectivity index (χ2n) is 5.81. The molecular weight excluding hydrogens is 356 g/mol. The highest BCUT2D eigenvalue weighted by Crippen LogP contribution is 2.25. The SMILES string of the molecule is COc1ccccc1OCC(=O)NC1COCCC1OCc1cscn1. The molecule has 0 bridgehead atoms. The van der Waals surface area contributed by atoms with E-state index in [1.807, 2.05) is 17.5 Å². The van der Waals surface area contributed by atoms with Crippen LogP contribution >= 0.6 is 11.3 Å². The molecule has 1 N–H and O–H groups in total. The third-order valence-corrected chi connectivity index (χ3v) is 4.63. The molecular formula is C18H22N2O5S. The molecule has 0 aliphatic carbocycles. The Morgan fingerprint density at radius 1 is 1.38 bits per heavy atom. The first-order chi connectivity index (χ1) is 12.8. The number of amides is 1. The van der Waals surface area contributed by atoms with E-state index in [1.54, 1.807) is 24.8 Å². The van der Waals surface area contributed by atoms with Crippen molar-refractivity contribution in [2.24, 2.45) is 0 Å². The molecule has 1 fully saturated rings. The van der Waals surface area contributed by atoms with Crippen molar-refractivity contribution < 1.29 is 23.7 Å². The van der Waals surface area contributed by atoms with Crippen LogP contribution in [-0.4, -0.2) is 50.0 Å². The lowest BCUT2D eigenvalue weighted by Gasteiger charge is -2.31. The molecule has 1 aliphatic rings. The van der Waals surface area contributed by atoms with Gasteiger partial charge in [-0.25, -0.2) is 4.98 Å². The third-order valence-electron chi connectivity index (χ3n) is 4.00. The predicted molar refractivity (Wildman–Crippen MR) is 96.5 cm³/mol. The summed E-state index contributed by atoms with van der Waals surface area (Å²) in [6, 6.07) is 7.00. The summed E-state index contributed by atoms with van der Waals surface area (Å²) in [6.07, 6.45) is 0.614. The zero-order valence-corrected chi connectivity index (χ0v) is 15.4. The van der Waals surface area contributed by atoms with E-state index in [0.29, 0.717) is 31.3 Å². The normalized spacial score (nSPS) is 19.7. The van der Waals surface area contributed by atoms with Crippen LogP contribution in [0.3, 0.4) is 0 Å². The van der Waals surface area contributed by atoms with Gasteiger partial charge in [-0.3, -0.25) is 4.79 Å². The van der Waals surface area contributed by atoms with Crippen molar-refractivity contribution >= 4 is 17.2 Å². The minimum absolute atomic E-state index is 0.102. The fraction of sp³-hybridized carbons (Fsp3) is 0.444. The molecule has 2 unspecified atom stereocenters. The number of rotatable bonds is 8. The van der Waals surface area contributed by atoms with Gasteiger partial charge in [0.2, 0.25) is 0 Å². The maximum atomic E-state index is 12.3. The summed E-state index contributed by atoms with van der Waals surface area (Å²) >= 11 is 1.53. The quantitative estimate of drug-likeness (QED) is 0.757. The van der Waals surface area contributed by atoms with E-state index in [-0.39, 0.29) is 24.7 Å².